The van der Waals surface area contributed by atoms with Gasteiger partial charge in [0.2, 0.25) is 0 Å². The zero-order chi connectivity index (χ0) is 20.6. The third-order valence-electron chi connectivity index (χ3n) is 5.66. The lowest BCUT2D eigenvalue weighted by Crippen LogP contribution is -2.53. The summed E-state index contributed by atoms with van der Waals surface area (Å²) in [6.07, 6.45) is 1.86. The van der Waals surface area contributed by atoms with Gasteiger partial charge in [-0.2, -0.15) is 0 Å². The van der Waals surface area contributed by atoms with Crippen molar-refractivity contribution in [2.24, 2.45) is 4.99 Å². The number of nitrogens with zero attached hydrogens (tertiary/aromatic N) is 5. The highest BCUT2D eigenvalue weighted by atomic mass is 127. The third-order valence-corrected chi connectivity index (χ3v) is 6.63. The van der Waals surface area contributed by atoms with Crippen LogP contribution < -0.4 is 10.2 Å². The summed E-state index contributed by atoms with van der Waals surface area (Å²) in [5, 5.41) is 5.67. The van der Waals surface area contributed by atoms with Crippen LogP contribution in [-0.2, 0) is 4.74 Å². The molecule has 170 valence electrons. The lowest BCUT2D eigenvalue weighted by molar-refractivity contribution is 0.0186. The maximum absolute atomic E-state index is 5.57. The van der Waals surface area contributed by atoms with E-state index in [-0.39, 0.29) is 24.0 Å². The number of aliphatic imine (C=N–C) groups is 1. The number of morpholine rings is 1. The molecule has 2 aliphatic rings. The quantitative estimate of drug-likeness (QED) is 0.336. The summed E-state index contributed by atoms with van der Waals surface area (Å²) in [6.45, 7) is 11.1. The van der Waals surface area contributed by atoms with Crippen LogP contribution in [0.3, 0.4) is 0 Å². The molecule has 2 aromatic heterocycles. The SMILES string of the molecule is CCNC(=NCC(c1cccs1)N1CCOCC1)N1CCN(c2ccccn2)CC1.I. The van der Waals surface area contributed by atoms with Gasteiger partial charge in [0.05, 0.1) is 25.8 Å². The van der Waals surface area contributed by atoms with E-state index in [1.165, 1.54) is 4.88 Å². The zero-order valence-corrected chi connectivity index (χ0v) is 21.3. The van der Waals surface area contributed by atoms with E-state index in [9.17, 15) is 0 Å². The Kier molecular flexibility index (Phi) is 9.82. The van der Waals surface area contributed by atoms with Gasteiger partial charge in [-0.15, -0.1) is 35.3 Å². The largest absolute Gasteiger partial charge is 0.379 e. The van der Waals surface area contributed by atoms with Crippen LogP contribution in [0.5, 0.6) is 0 Å². The van der Waals surface area contributed by atoms with Crippen LogP contribution in [0, 0.1) is 0 Å². The number of thiophene rings is 1. The van der Waals surface area contributed by atoms with E-state index in [2.05, 4.69) is 61.6 Å². The Hall–Kier alpha value is -1.43. The van der Waals surface area contributed by atoms with Crippen molar-refractivity contribution in [3.05, 3.63) is 46.8 Å². The normalized spacial score (nSPS) is 19.1. The second-order valence-corrected chi connectivity index (χ2v) is 8.52. The number of pyridine rings is 1. The van der Waals surface area contributed by atoms with Crippen LogP contribution in [-0.4, -0.2) is 86.3 Å². The third kappa shape index (κ3) is 6.53. The summed E-state index contributed by atoms with van der Waals surface area (Å²) in [5.41, 5.74) is 0. The van der Waals surface area contributed by atoms with E-state index < -0.39 is 0 Å². The molecule has 0 aliphatic carbocycles. The average molecular weight is 557 g/mol. The Labute approximate surface area is 206 Å². The summed E-state index contributed by atoms with van der Waals surface area (Å²) in [4.78, 5) is 18.2. The predicted molar refractivity (Wildman–Crippen MR) is 139 cm³/mol. The summed E-state index contributed by atoms with van der Waals surface area (Å²) in [5.74, 6) is 2.08. The van der Waals surface area contributed by atoms with Gasteiger partial charge in [0.15, 0.2) is 5.96 Å². The minimum atomic E-state index is 0. The fraction of sp³-hybridized carbons (Fsp3) is 0.545. The molecule has 0 amide bonds. The molecule has 1 atom stereocenters. The number of hydrogen-bond donors (Lipinski definition) is 1. The van der Waals surface area contributed by atoms with Crippen molar-refractivity contribution in [1.29, 1.82) is 0 Å². The van der Waals surface area contributed by atoms with Crippen LogP contribution in [0.2, 0.25) is 0 Å². The number of anilines is 1. The van der Waals surface area contributed by atoms with Gasteiger partial charge < -0.3 is 19.9 Å². The Bertz CT molecular complexity index is 777. The summed E-state index contributed by atoms with van der Waals surface area (Å²) in [6, 6.07) is 10.8. The smallest absolute Gasteiger partial charge is 0.194 e. The first kappa shape index (κ1) is 24.2. The number of hydrogen-bond acceptors (Lipinski definition) is 6. The fourth-order valence-corrected chi connectivity index (χ4v) is 4.89. The van der Waals surface area contributed by atoms with Gasteiger partial charge in [0.25, 0.3) is 0 Å². The molecule has 2 fully saturated rings. The molecular formula is C22H33IN6OS. The average Bonchev–Trinajstić information content (AvgIpc) is 3.35. The van der Waals surface area contributed by atoms with E-state index in [0.717, 1.165) is 77.3 Å². The molecule has 7 nitrogen and oxygen atoms in total. The number of nitrogens with one attached hydrogen (secondary N) is 1. The zero-order valence-electron chi connectivity index (χ0n) is 18.2. The highest BCUT2D eigenvalue weighted by Gasteiger charge is 2.25. The van der Waals surface area contributed by atoms with Gasteiger partial charge in [0.1, 0.15) is 5.82 Å². The van der Waals surface area contributed by atoms with Crippen LogP contribution in [0.4, 0.5) is 5.82 Å². The second-order valence-electron chi connectivity index (χ2n) is 7.54. The molecule has 2 aromatic rings. The molecule has 0 bridgehead atoms. The van der Waals surface area contributed by atoms with Crippen molar-refractivity contribution in [3.8, 4) is 0 Å². The van der Waals surface area contributed by atoms with Crippen LogP contribution >= 0.6 is 35.3 Å². The van der Waals surface area contributed by atoms with Crippen LogP contribution in [0.15, 0.2) is 46.9 Å². The summed E-state index contributed by atoms with van der Waals surface area (Å²) >= 11 is 1.82. The van der Waals surface area contributed by atoms with E-state index in [4.69, 9.17) is 9.73 Å². The van der Waals surface area contributed by atoms with E-state index in [1.807, 2.05) is 23.6 Å². The molecule has 4 heterocycles. The Morgan fingerprint density at radius 3 is 2.58 bits per heavy atom. The fourth-order valence-electron chi connectivity index (χ4n) is 4.04. The maximum atomic E-state index is 5.57. The number of rotatable bonds is 6. The maximum Gasteiger partial charge on any atom is 0.194 e. The first-order valence-electron chi connectivity index (χ1n) is 10.9. The van der Waals surface area contributed by atoms with Crippen LogP contribution in [0.25, 0.3) is 0 Å². The lowest BCUT2D eigenvalue weighted by atomic mass is 10.2. The molecule has 4 rings (SSSR count). The predicted octanol–water partition coefficient (Wildman–Crippen LogP) is 2.92. The molecule has 0 spiro atoms. The van der Waals surface area contributed by atoms with Crippen molar-refractivity contribution in [2.75, 3.05) is 70.5 Å². The minimum absolute atomic E-state index is 0. The van der Waals surface area contributed by atoms with Gasteiger partial charge in [-0.3, -0.25) is 9.89 Å². The molecular weight excluding hydrogens is 523 g/mol. The Morgan fingerprint density at radius 2 is 1.94 bits per heavy atom. The Morgan fingerprint density at radius 1 is 1.13 bits per heavy atom. The highest BCUT2D eigenvalue weighted by Crippen LogP contribution is 2.26. The number of guanidine groups is 1. The van der Waals surface area contributed by atoms with E-state index in [1.54, 1.807) is 0 Å². The molecule has 2 saturated heterocycles. The monoisotopic (exact) mass is 556 g/mol. The molecule has 2 aliphatic heterocycles. The molecule has 1 N–H and O–H groups in total. The van der Waals surface area contributed by atoms with Crippen molar-refractivity contribution < 1.29 is 4.74 Å². The number of piperazine rings is 1. The lowest BCUT2D eigenvalue weighted by Gasteiger charge is -2.37. The van der Waals surface area contributed by atoms with Crippen molar-refractivity contribution in [1.82, 2.24) is 20.1 Å². The molecule has 1 unspecified atom stereocenters. The second kappa shape index (κ2) is 12.6. The first-order chi connectivity index (χ1) is 14.8. The van der Waals surface area contributed by atoms with E-state index in [0.29, 0.717) is 6.04 Å². The first-order valence-corrected chi connectivity index (χ1v) is 11.8. The molecule has 31 heavy (non-hydrogen) atoms. The van der Waals surface area contributed by atoms with Crippen molar-refractivity contribution in [3.63, 3.8) is 0 Å². The number of aromatic nitrogens is 1. The van der Waals surface area contributed by atoms with Gasteiger partial charge >= 0.3 is 0 Å². The molecule has 0 saturated carbocycles. The molecule has 0 aromatic carbocycles. The topological polar surface area (TPSA) is 56.2 Å². The minimum Gasteiger partial charge on any atom is -0.379 e. The number of halogens is 1. The molecule has 9 heteroatoms. The van der Waals surface area contributed by atoms with Gasteiger partial charge in [0, 0.05) is 56.9 Å². The molecule has 0 radical (unpaired) electrons. The van der Waals surface area contributed by atoms with Crippen molar-refractivity contribution in [2.45, 2.75) is 13.0 Å². The van der Waals surface area contributed by atoms with Gasteiger partial charge in [-0.1, -0.05) is 12.1 Å². The van der Waals surface area contributed by atoms with Crippen LogP contribution in [0.1, 0.15) is 17.8 Å². The standard InChI is InChI=1S/C22H32N6OS.HI/c1-2-23-22(28-11-9-27(10-12-28)21-7-3-4-8-24-21)25-18-19(20-6-5-17-30-20)26-13-15-29-16-14-26;/h3-8,17,19H,2,9-16,18H2,1H3,(H,23,25);1H. The van der Waals surface area contributed by atoms with Gasteiger partial charge in [-0.05, 0) is 30.5 Å². The highest BCUT2D eigenvalue weighted by molar-refractivity contribution is 14.0. The van der Waals surface area contributed by atoms with E-state index >= 15 is 0 Å². The van der Waals surface area contributed by atoms with Gasteiger partial charge in [-0.25, -0.2) is 4.98 Å². The summed E-state index contributed by atoms with van der Waals surface area (Å²) < 4.78 is 5.57. The Balaban J connectivity index is 0.00000272. The number of ether oxygens (including phenoxy) is 1. The van der Waals surface area contributed by atoms with Crippen molar-refractivity contribution >= 4 is 47.1 Å². The summed E-state index contributed by atoms with van der Waals surface area (Å²) in [7, 11) is 0.